The minimum Gasteiger partial charge on any atom is -0.370 e. The van der Waals surface area contributed by atoms with E-state index >= 15 is 0 Å². The summed E-state index contributed by atoms with van der Waals surface area (Å²) in [5.74, 6) is 0.507. The highest BCUT2D eigenvalue weighted by Gasteiger charge is 2.18. The number of rotatable bonds is 6. The van der Waals surface area contributed by atoms with Gasteiger partial charge in [-0.05, 0) is 38.0 Å². The summed E-state index contributed by atoms with van der Waals surface area (Å²) in [4.78, 5) is 9.20. The molecule has 1 aliphatic rings. The van der Waals surface area contributed by atoms with Crippen LogP contribution in [-0.4, -0.2) is 56.7 Å². The third-order valence-electron chi connectivity index (χ3n) is 4.54. The zero-order valence-electron chi connectivity index (χ0n) is 15.7. The first kappa shape index (κ1) is 21.8. The van der Waals surface area contributed by atoms with Gasteiger partial charge in [0, 0.05) is 45.0 Å². The van der Waals surface area contributed by atoms with Gasteiger partial charge in [-0.3, -0.25) is 4.90 Å². The summed E-state index contributed by atoms with van der Waals surface area (Å²) < 4.78 is 0. The summed E-state index contributed by atoms with van der Waals surface area (Å²) >= 11 is 0. The Morgan fingerprint density at radius 2 is 1.92 bits per heavy atom. The number of nitrogens with zero attached hydrogens (tertiary/aromatic N) is 3. The summed E-state index contributed by atoms with van der Waals surface area (Å²) in [6, 6.07) is 6.57. The van der Waals surface area contributed by atoms with Crippen molar-refractivity contribution < 1.29 is 0 Å². The number of piperazine rings is 1. The lowest BCUT2D eigenvalue weighted by Crippen LogP contribution is -2.49. The number of nitrogens with one attached hydrogen (secondary N) is 1. The molecule has 0 unspecified atom stereocenters. The number of aliphatic imine (C=N–C) groups is 1. The highest BCUT2D eigenvalue weighted by atomic mass is 127. The van der Waals surface area contributed by atoms with Gasteiger partial charge >= 0.3 is 0 Å². The molecular formula is C19H32IN5. The first-order chi connectivity index (χ1) is 11.5. The molecule has 0 spiro atoms. The van der Waals surface area contributed by atoms with Crippen LogP contribution < -0.4 is 16.0 Å². The second-order valence-electron chi connectivity index (χ2n) is 6.63. The van der Waals surface area contributed by atoms with Crippen LogP contribution in [-0.2, 0) is 0 Å². The molecule has 0 atom stereocenters. The molecule has 140 valence electrons. The molecule has 0 amide bonds. The summed E-state index contributed by atoms with van der Waals surface area (Å²) in [5, 5.41) is 3.18. The van der Waals surface area contributed by atoms with Crippen LogP contribution in [0.3, 0.4) is 0 Å². The Kier molecular flexibility index (Phi) is 9.27. The van der Waals surface area contributed by atoms with E-state index in [1.807, 2.05) is 6.92 Å². The molecule has 0 saturated carbocycles. The predicted molar refractivity (Wildman–Crippen MR) is 119 cm³/mol. The first-order valence-electron chi connectivity index (χ1n) is 8.69. The van der Waals surface area contributed by atoms with E-state index in [4.69, 9.17) is 5.73 Å². The quantitative estimate of drug-likeness (QED) is 0.299. The molecule has 25 heavy (non-hydrogen) atoms. The third-order valence-corrected chi connectivity index (χ3v) is 4.54. The average molecular weight is 457 g/mol. The molecule has 5 nitrogen and oxygen atoms in total. The van der Waals surface area contributed by atoms with Crippen molar-refractivity contribution in [1.29, 1.82) is 0 Å². The third kappa shape index (κ3) is 6.86. The van der Waals surface area contributed by atoms with Crippen LogP contribution in [0.1, 0.15) is 18.1 Å². The molecule has 1 saturated heterocycles. The van der Waals surface area contributed by atoms with Crippen molar-refractivity contribution >= 4 is 35.6 Å². The van der Waals surface area contributed by atoms with Gasteiger partial charge in [0.05, 0.1) is 6.54 Å². The number of hydrogen-bond donors (Lipinski definition) is 2. The maximum Gasteiger partial charge on any atom is 0.188 e. The zero-order valence-corrected chi connectivity index (χ0v) is 18.0. The summed E-state index contributed by atoms with van der Waals surface area (Å²) in [6.07, 6.45) is 0. The van der Waals surface area contributed by atoms with Gasteiger partial charge in [0.2, 0.25) is 0 Å². The van der Waals surface area contributed by atoms with Crippen LogP contribution >= 0.6 is 24.0 Å². The van der Waals surface area contributed by atoms with Crippen LogP contribution in [0.2, 0.25) is 0 Å². The van der Waals surface area contributed by atoms with E-state index in [0.29, 0.717) is 12.5 Å². The van der Waals surface area contributed by atoms with E-state index in [1.165, 1.54) is 16.8 Å². The molecule has 0 aromatic heterocycles. The Hall–Kier alpha value is -1.28. The van der Waals surface area contributed by atoms with Crippen LogP contribution in [0.25, 0.3) is 0 Å². The largest absolute Gasteiger partial charge is 0.370 e. The number of hydrogen-bond acceptors (Lipinski definition) is 3. The van der Waals surface area contributed by atoms with Crippen LogP contribution in [0.15, 0.2) is 35.3 Å². The molecule has 1 aliphatic heterocycles. The highest BCUT2D eigenvalue weighted by Crippen LogP contribution is 2.23. The Balaban J connectivity index is 0.00000312. The van der Waals surface area contributed by atoms with Gasteiger partial charge in [-0.2, -0.15) is 0 Å². The lowest BCUT2D eigenvalue weighted by molar-refractivity contribution is 0.261. The molecule has 0 bridgehead atoms. The van der Waals surface area contributed by atoms with Crippen molar-refractivity contribution in [3.8, 4) is 0 Å². The fraction of sp³-hybridized carbons (Fsp3) is 0.526. The molecule has 0 aliphatic carbocycles. The molecule has 0 radical (unpaired) electrons. The van der Waals surface area contributed by atoms with Crippen LogP contribution in [0.4, 0.5) is 5.69 Å². The molecule has 3 N–H and O–H groups in total. The van der Waals surface area contributed by atoms with Gasteiger partial charge in [-0.1, -0.05) is 24.3 Å². The van der Waals surface area contributed by atoms with Crippen molar-refractivity contribution in [2.75, 3.05) is 50.7 Å². The summed E-state index contributed by atoms with van der Waals surface area (Å²) in [7, 11) is 0. The maximum absolute atomic E-state index is 5.84. The summed E-state index contributed by atoms with van der Waals surface area (Å²) in [5.41, 5.74) is 11.0. The Labute approximate surface area is 169 Å². The van der Waals surface area contributed by atoms with Crippen molar-refractivity contribution in [2.45, 2.75) is 20.8 Å². The molecule has 1 fully saturated rings. The number of anilines is 1. The van der Waals surface area contributed by atoms with Gasteiger partial charge in [-0.15, -0.1) is 24.0 Å². The molecule has 2 rings (SSSR count). The second kappa shape index (κ2) is 10.7. The minimum absolute atomic E-state index is 0. The van der Waals surface area contributed by atoms with E-state index in [-0.39, 0.29) is 24.0 Å². The fourth-order valence-corrected chi connectivity index (χ4v) is 2.91. The number of nitrogens with two attached hydrogens (primary N) is 1. The maximum atomic E-state index is 5.84. The van der Waals surface area contributed by atoms with Gasteiger partial charge < -0.3 is 16.0 Å². The Morgan fingerprint density at radius 3 is 2.56 bits per heavy atom. The fourth-order valence-electron chi connectivity index (χ4n) is 2.91. The van der Waals surface area contributed by atoms with E-state index in [2.05, 4.69) is 58.7 Å². The van der Waals surface area contributed by atoms with Crippen molar-refractivity contribution in [2.24, 2.45) is 10.7 Å². The van der Waals surface area contributed by atoms with E-state index < -0.39 is 0 Å². The lowest BCUT2D eigenvalue weighted by atomic mass is 10.1. The highest BCUT2D eigenvalue weighted by molar-refractivity contribution is 14.0. The molecule has 1 aromatic carbocycles. The monoisotopic (exact) mass is 457 g/mol. The van der Waals surface area contributed by atoms with E-state index in [9.17, 15) is 0 Å². The molecule has 6 heteroatoms. The molecular weight excluding hydrogens is 425 g/mol. The van der Waals surface area contributed by atoms with E-state index in [0.717, 1.165) is 44.8 Å². The summed E-state index contributed by atoms with van der Waals surface area (Å²) in [6.45, 7) is 16.9. The normalized spacial score (nSPS) is 15.6. The predicted octanol–water partition coefficient (Wildman–Crippen LogP) is 2.52. The standard InChI is InChI=1S/C19H31N5.HI/c1-15(2)14-22-19(20)21-8-9-23-10-12-24(13-11-23)18-7-5-6-16(3)17(18)4;/h5-7H,1,8-14H2,2-4H3,(H3,20,21,22);1H. The smallest absolute Gasteiger partial charge is 0.188 e. The van der Waals surface area contributed by atoms with Gasteiger partial charge in [-0.25, -0.2) is 4.99 Å². The van der Waals surface area contributed by atoms with Crippen LogP contribution in [0, 0.1) is 13.8 Å². The topological polar surface area (TPSA) is 56.9 Å². The van der Waals surface area contributed by atoms with Crippen molar-refractivity contribution in [3.05, 3.63) is 41.5 Å². The zero-order chi connectivity index (χ0) is 17.5. The van der Waals surface area contributed by atoms with Gasteiger partial charge in [0.1, 0.15) is 0 Å². The first-order valence-corrected chi connectivity index (χ1v) is 8.69. The Morgan fingerprint density at radius 1 is 1.24 bits per heavy atom. The number of guanidine groups is 1. The number of halogens is 1. The Bertz CT molecular complexity index is 591. The van der Waals surface area contributed by atoms with Gasteiger partial charge in [0.25, 0.3) is 0 Å². The van der Waals surface area contributed by atoms with Crippen LogP contribution in [0.5, 0.6) is 0 Å². The number of benzene rings is 1. The molecule has 1 aromatic rings. The molecule has 1 heterocycles. The minimum atomic E-state index is 0. The van der Waals surface area contributed by atoms with Crippen molar-refractivity contribution in [1.82, 2.24) is 10.2 Å². The average Bonchev–Trinajstić information content (AvgIpc) is 2.56. The lowest BCUT2D eigenvalue weighted by Gasteiger charge is -2.37. The van der Waals surface area contributed by atoms with E-state index in [1.54, 1.807) is 0 Å². The second-order valence-corrected chi connectivity index (χ2v) is 6.63. The van der Waals surface area contributed by atoms with Crippen molar-refractivity contribution in [3.63, 3.8) is 0 Å². The number of aryl methyl sites for hydroxylation is 1. The SMILES string of the molecule is C=C(C)CN=C(N)NCCN1CCN(c2cccc(C)c2C)CC1.I. The van der Waals surface area contributed by atoms with Gasteiger partial charge in [0.15, 0.2) is 5.96 Å².